The van der Waals surface area contributed by atoms with Gasteiger partial charge in [0.1, 0.15) is 6.10 Å². The second-order valence-electron chi connectivity index (χ2n) is 6.37. The van der Waals surface area contributed by atoms with Gasteiger partial charge in [-0.1, -0.05) is 48.5 Å². The predicted octanol–water partition coefficient (Wildman–Crippen LogP) is 3.11. The van der Waals surface area contributed by atoms with Gasteiger partial charge in [-0.25, -0.2) is 4.79 Å². The summed E-state index contributed by atoms with van der Waals surface area (Å²) >= 11 is 0. The number of ether oxygens (including phenoxy) is 1. The third kappa shape index (κ3) is 3.77. The molecule has 1 aliphatic rings. The monoisotopic (exact) mass is 324 g/mol. The first-order valence-corrected chi connectivity index (χ1v) is 8.37. The SMILES string of the molecule is CN1CCC(OC(=O)C(c2ccccc2)N(C)c2ccccc2)C1. The molecule has 24 heavy (non-hydrogen) atoms. The Morgan fingerprint density at radius 1 is 1.12 bits per heavy atom. The number of carbonyl (C=O) groups excluding carboxylic acids is 1. The lowest BCUT2D eigenvalue weighted by atomic mass is 10.0. The van der Waals surface area contributed by atoms with E-state index in [9.17, 15) is 4.79 Å². The van der Waals surface area contributed by atoms with Crippen LogP contribution in [0.5, 0.6) is 0 Å². The second-order valence-corrected chi connectivity index (χ2v) is 6.37. The zero-order chi connectivity index (χ0) is 16.9. The average Bonchev–Trinajstić information content (AvgIpc) is 3.01. The van der Waals surface area contributed by atoms with Crippen molar-refractivity contribution in [3.8, 4) is 0 Å². The number of hydrogen-bond donors (Lipinski definition) is 0. The van der Waals surface area contributed by atoms with E-state index in [2.05, 4.69) is 11.9 Å². The van der Waals surface area contributed by atoms with E-state index >= 15 is 0 Å². The lowest BCUT2D eigenvalue weighted by Gasteiger charge is -2.29. The number of esters is 1. The number of anilines is 1. The van der Waals surface area contributed by atoms with Gasteiger partial charge in [0.05, 0.1) is 0 Å². The summed E-state index contributed by atoms with van der Waals surface area (Å²) in [4.78, 5) is 17.1. The highest BCUT2D eigenvalue weighted by Gasteiger charge is 2.31. The Balaban J connectivity index is 1.83. The molecule has 0 saturated carbocycles. The maximum absolute atomic E-state index is 12.9. The Bertz CT molecular complexity index is 660. The topological polar surface area (TPSA) is 32.8 Å². The fourth-order valence-electron chi connectivity index (χ4n) is 3.18. The van der Waals surface area contributed by atoms with Crippen molar-refractivity contribution in [2.75, 3.05) is 32.1 Å². The molecule has 2 unspecified atom stereocenters. The first-order valence-electron chi connectivity index (χ1n) is 8.37. The van der Waals surface area contributed by atoms with Gasteiger partial charge in [-0.3, -0.25) is 0 Å². The summed E-state index contributed by atoms with van der Waals surface area (Å²) in [5.41, 5.74) is 1.94. The Hall–Kier alpha value is -2.33. The van der Waals surface area contributed by atoms with Crippen molar-refractivity contribution in [1.29, 1.82) is 0 Å². The van der Waals surface area contributed by atoms with Gasteiger partial charge in [0, 0.05) is 25.8 Å². The molecule has 126 valence electrons. The largest absolute Gasteiger partial charge is 0.459 e. The van der Waals surface area contributed by atoms with Gasteiger partial charge in [-0.15, -0.1) is 0 Å². The fourth-order valence-corrected chi connectivity index (χ4v) is 3.18. The lowest BCUT2D eigenvalue weighted by molar-refractivity contribution is -0.150. The maximum atomic E-state index is 12.9. The summed E-state index contributed by atoms with van der Waals surface area (Å²) < 4.78 is 5.82. The van der Waals surface area contributed by atoms with Crippen LogP contribution in [-0.4, -0.2) is 44.2 Å². The number of nitrogens with zero attached hydrogens (tertiary/aromatic N) is 2. The first-order chi connectivity index (χ1) is 11.6. The van der Waals surface area contributed by atoms with Crippen molar-refractivity contribution in [2.45, 2.75) is 18.6 Å². The highest BCUT2D eigenvalue weighted by Crippen LogP contribution is 2.27. The standard InChI is InChI=1S/C20H24N2O2/c1-21-14-13-18(15-21)24-20(23)19(16-9-5-3-6-10-16)22(2)17-11-7-4-8-12-17/h3-12,18-19H,13-15H2,1-2H3. The summed E-state index contributed by atoms with van der Waals surface area (Å²) in [7, 11) is 3.99. The molecular formula is C20H24N2O2. The van der Waals surface area contributed by atoms with Crippen LogP contribution in [0.2, 0.25) is 0 Å². The van der Waals surface area contributed by atoms with Crippen molar-refractivity contribution >= 4 is 11.7 Å². The third-order valence-corrected chi connectivity index (χ3v) is 4.52. The van der Waals surface area contributed by atoms with Gasteiger partial charge in [0.25, 0.3) is 0 Å². The lowest BCUT2D eigenvalue weighted by Crippen LogP contribution is -2.35. The van der Waals surface area contributed by atoms with Crippen LogP contribution < -0.4 is 4.90 Å². The summed E-state index contributed by atoms with van der Waals surface area (Å²) in [5.74, 6) is -0.187. The number of likely N-dealkylation sites (N-methyl/N-ethyl adjacent to an activating group) is 2. The van der Waals surface area contributed by atoms with E-state index in [-0.39, 0.29) is 12.1 Å². The molecule has 2 aromatic carbocycles. The van der Waals surface area contributed by atoms with Crippen molar-refractivity contribution in [3.63, 3.8) is 0 Å². The molecule has 0 N–H and O–H groups in total. The van der Waals surface area contributed by atoms with Gasteiger partial charge in [0.2, 0.25) is 0 Å². The molecule has 1 saturated heterocycles. The maximum Gasteiger partial charge on any atom is 0.333 e. The highest BCUT2D eigenvalue weighted by atomic mass is 16.5. The van der Waals surface area contributed by atoms with Crippen molar-refractivity contribution in [2.24, 2.45) is 0 Å². The quantitative estimate of drug-likeness (QED) is 0.791. The minimum Gasteiger partial charge on any atom is -0.459 e. The van der Waals surface area contributed by atoms with Gasteiger partial charge in [-0.05, 0) is 31.2 Å². The summed E-state index contributed by atoms with van der Waals surface area (Å²) in [6.45, 7) is 1.78. The molecule has 0 aliphatic carbocycles. The molecule has 1 heterocycles. The molecule has 0 amide bonds. The van der Waals surface area contributed by atoms with E-state index in [1.54, 1.807) is 0 Å². The molecule has 0 spiro atoms. The summed E-state index contributed by atoms with van der Waals surface area (Å²) in [5, 5.41) is 0. The molecule has 0 radical (unpaired) electrons. The van der Waals surface area contributed by atoms with Crippen LogP contribution >= 0.6 is 0 Å². The number of benzene rings is 2. The Kier molecular flexibility index (Phi) is 5.16. The Morgan fingerprint density at radius 2 is 1.75 bits per heavy atom. The number of para-hydroxylation sites is 1. The normalized spacial score (nSPS) is 19.0. The second kappa shape index (κ2) is 7.49. The molecule has 3 rings (SSSR count). The molecule has 4 heteroatoms. The van der Waals surface area contributed by atoms with E-state index in [1.165, 1.54) is 0 Å². The average molecular weight is 324 g/mol. The van der Waals surface area contributed by atoms with Crippen molar-refractivity contribution < 1.29 is 9.53 Å². The van der Waals surface area contributed by atoms with Crippen LogP contribution in [0.3, 0.4) is 0 Å². The fraction of sp³-hybridized carbons (Fsp3) is 0.350. The van der Waals surface area contributed by atoms with Crippen LogP contribution in [0, 0.1) is 0 Å². The molecule has 0 aromatic heterocycles. The Labute approximate surface area is 143 Å². The summed E-state index contributed by atoms with van der Waals surface area (Å²) in [6.07, 6.45) is 0.886. The van der Waals surface area contributed by atoms with Crippen LogP contribution in [0.1, 0.15) is 18.0 Å². The minimum atomic E-state index is -0.445. The van der Waals surface area contributed by atoms with E-state index in [0.29, 0.717) is 0 Å². The molecule has 0 bridgehead atoms. The molecule has 2 aromatic rings. The number of carbonyl (C=O) groups is 1. The minimum absolute atomic E-state index is 0.0158. The van der Waals surface area contributed by atoms with Crippen LogP contribution in [-0.2, 0) is 9.53 Å². The Morgan fingerprint density at radius 3 is 2.33 bits per heavy atom. The molecular weight excluding hydrogens is 300 g/mol. The first kappa shape index (κ1) is 16.5. The number of hydrogen-bond acceptors (Lipinski definition) is 4. The summed E-state index contributed by atoms with van der Waals surface area (Å²) in [6, 6.07) is 19.3. The molecule has 1 fully saturated rings. The molecule has 4 nitrogen and oxygen atoms in total. The van der Waals surface area contributed by atoms with Gasteiger partial charge >= 0.3 is 5.97 Å². The predicted molar refractivity (Wildman–Crippen MR) is 96.0 cm³/mol. The van der Waals surface area contributed by atoms with E-state index in [4.69, 9.17) is 4.74 Å². The zero-order valence-electron chi connectivity index (χ0n) is 14.3. The van der Waals surface area contributed by atoms with Crippen LogP contribution in [0.15, 0.2) is 60.7 Å². The van der Waals surface area contributed by atoms with Crippen molar-refractivity contribution in [3.05, 3.63) is 66.2 Å². The van der Waals surface area contributed by atoms with Gasteiger partial charge in [-0.2, -0.15) is 0 Å². The van der Waals surface area contributed by atoms with Crippen molar-refractivity contribution in [1.82, 2.24) is 4.90 Å². The van der Waals surface area contributed by atoms with E-state index < -0.39 is 6.04 Å². The van der Waals surface area contributed by atoms with Gasteiger partial charge < -0.3 is 14.5 Å². The highest BCUT2D eigenvalue weighted by molar-refractivity contribution is 5.82. The zero-order valence-corrected chi connectivity index (χ0v) is 14.3. The molecule has 2 atom stereocenters. The van der Waals surface area contributed by atoms with Gasteiger partial charge in [0.15, 0.2) is 6.04 Å². The van der Waals surface area contributed by atoms with E-state index in [1.807, 2.05) is 72.6 Å². The van der Waals surface area contributed by atoms with Crippen LogP contribution in [0.25, 0.3) is 0 Å². The third-order valence-electron chi connectivity index (χ3n) is 4.52. The number of rotatable bonds is 5. The van der Waals surface area contributed by atoms with E-state index in [0.717, 1.165) is 30.8 Å². The molecule has 1 aliphatic heterocycles. The smallest absolute Gasteiger partial charge is 0.333 e. The number of likely N-dealkylation sites (tertiary alicyclic amines) is 1. The van der Waals surface area contributed by atoms with Crippen LogP contribution in [0.4, 0.5) is 5.69 Å².